The molecule has 0 aliphatic carbocycles. The van der Waals surface area contributed by atoms with E-state index in [-0.39, 0.29) is 0 Å². The van der Waals surface area contributed by atoms with Gasteiger partial charge in [0.25, 0.3) is 0 Å². The van der Waals surface area contributed by atoms with Crippen LogP contribution in [0.1, 0.15) is 19.8 Å². The topological polar surface area (TPSA) is 48.1 Å². The Bertz CT molecular complexity index is 525. The summed E-state index contributed by atoms with van der Waals surface area (Å²) < 4.78 is 0. The van der Waals surface area contributed by atoms with E-state index in [1.165, 1.54) is 12.8 Å². The molecule has 0 saturated heterocycles. The van der Waals surface area contributed by atoms with Crippen LogP contribution in [0.4, 0.5) is 17.1 Å². The first-order valence-corrected chi connectivity index (χ1v) is 8.46. The van der Waals surface area contributed by atoms with Gasteiger partial charge in [-0.15, -0.1) is 0 Å². The first-order valence-electron chi connectivity index (χ1n) is 8.46. The summed E-state index contributed by atoms with van der Waals surface area (Å²) in [7, 11) is 0. The maximum atomic E-state index is 3.43. The molecule has 2 aromatic rings. The van der Waals surface area contributed by atoms with Crippen molar-refractivity contribution in [2.75, 3.05) is 42.3 Å². The Morgan fingerprint density at radius 1 is 0.652 bits per heavy atom. The summed E-state index contributed by atoms with van der Waals surface area (Å²) in [5.41, 5.74) is 3.39. The summed E-state index contributed by atoms with van der Waals surface area (Å²) in [6, 6.07) is 18.6. The number of hydrogen-bond donors (Lipinski definition) is 4. The molecule has 0 aliphatic heterocycles. The SMILES string of the molecule is CCCCNCCNc1ccc(NCNc2ccccc2)cc1. The van der Waals surface area contributed by atoms with Gasteiger partial charge in [0.1, 0.15) is 0 Å². The van der Waals surface area contributed by atoms with E-state index in [4.69, 9.17) is 0 Å². The Labute approximate surface area is 139 Å². The van der Waals surface area contributed by atoms with E-state index in [1.54, 1.807) is 0 Å². The maximum Gasteiger partial charge on any atom is 0.0849 e. The van der Waals surface area contributed by atoms with Gasteiger partial charge < -0.3 is 21.3 Å². The third kappa shape index (κ3) is 7.06. The number of anilines is 3. The molecule has 0 heterocycles. The van der Waals surface area contributed by atoms with Gasteiger partial charge in [0.05, 0.1) is 6.67 Å². The predicted molar refractivity (Wildman–Crippen MR) is 101 cm³/mol. The lowest BCUT2D eigenvalue weighted by atomic mass is 10.3. The molecule has 0 amide bonds. The van der Waals surface area contributed by atoms with Crippen LogP contribution >= 0.6 is 0 Å². The number of benzene rings is 2. The molecule has 4 N–H and O–H groups in total. The predicted octanol–water partition coefficient (Wildman–Crippen LogP) is 3.97. The van der Waals surface area contributed by atoms with Crippen LogP contribution in [0.3, 0.4) is 0 Å². The van der Waals surface area contributed by atoms with E-state index in [9.17, 15) is 0 Å². The molecule has 124 valence electrons. The van der Waals surface area contributed by atoms with Gasteiger partial charge in [0, 0.05) is 30.2 Å². The van der Waals surface area contributed by atoms with E-state index in [0.29, 0.717) is 6.67 Å². The minimum absolute atomic E-state index is 0.706. The van der Waals surface area contributed by atoms with Crippen LogP contribution < -0.4 is 21.3 Å². The first kappa shape index (κ1) is 17.2. The lowest BCUT2D eigenvalue weighted by Gasteiger charge is -2.11. The van der Waals surface area contributed by atoms with Crippen LogP contribution in [0.5, 0.6) is 0 Å². The molecular formula is C19H28N4. The highest BCUT2D eigenvalue weighted by atomic mass is 15.1. The molecule has 0 spiro atoms. The molecule has 0 fully saturated rings. The molecule has 0 aliphatic rings. The molecule has 0 aromatic heterocycles. The van der Waals surface area contributed by atoms with E-state index < -0.39 is 0 Å². The van der Waals surface area contributed by atoms with Crippen molar-refractivity contribution in [3.8, 4) is 0 Å². The van der Waals surface area contributed by atoms with Crippen LogP contribution in [0.15, 0.2) is 54.6 Å². The lowest BCUT2D eigenvalue weighted by molar-refractivity contribution is 0.652. The third-order valence-corrected chi connectivity index (χ3v) is 3.58. The molecule has 2 rings (SSSR count). The van der Waals surface area contributed by atoms with Gasteiger partial charge in [0.15, 0.2) is 0 Å². The normalized spacial score (nSPS) is 10.3. The number of rotatable bonds is 11. The molecule has 0 radical (unpaired) electrons. The van der Waals surface area contributed by atoms with E-state index in [0.717, 1.165) is 36.7 Å². The second kappa shape index (κ2) is 10.5. The smallest absolute Gasteiger partial charge is 0.0849 e. The Morgan fingerprint density at radius 2 is 1.26 bits per heavy atom. The number of hydrogen-bond acceptors (Lipinski definition) is 4. The summed E-state index contributed by atoms with van der Waals surface area (Å²) in [5, 5.41) is 13.5. The van der Waals surface area contributed by atoms with Crippen molar-refractivity contribution in [2.45, 2.75) is 19.8 Å². The Morgan fingerprint density at radius 3 is 1.91 bits per heavy atom. The fourth-order valence-electron chi connectivity index (χ4n) is 2.23. The minimum atomic E-state index is 0.706. The van der Waals surface area contributed by atoms with Crippen molar-refractivity contribution >= 4 is 17.1 Å². The van der Waals surface area contributed by atoms with Crippen LogP contribution in [-0.2, 0) is 0 Å². The largest absolute Gasteiger partial charge is 0.384 e. The monoisotopic (exact) mass is 312 g/mol. The van der Waals surface area contributed by atoms with Gasteiger partial charge >= 0.3 is 0 Å². The molecule has 4 nitrogen and oxygen atoms in total. The average Bonchev–Trinajstić information content (AvgIpc) is 2.60. The molecule has 0 bridgehead atoms. The van der Waals surface area contributed by atoms with E-state index in [2.05, 4.69) is 64.6 Å². The first-order chi connectivity index (χ1) is 11.4. The van der Waals surface area contributed by atoms with Crippen molar-refractivity contribution in [3.63, 3.8) is 0 Å². The molecule has 0 atom stereocenters. The van der Waals surface area contributed by atoms with Crippen molar-refractivity contribution in [1.29, 1.82) is 0 Å². The van der Waals surface area contributed by atoms with Gasteiger partial charge in [-0.3, -0.25) is 0 Å². The van der Waals surface area contributed by atoms with Gasteiger partial charge in [0.2, 0.25) is 0 Å². The summed E-state index contributed by atoms with van der Waals surface area (Å²) >= 11 is 0. The molecule has 0 saturated carbocycles. The molecule has 0 unspecified atom stereocenters. The average molecular weight is 312 g/mol. The van der Waals surface area contributed by atoms with E-state index >= 15 is 0 Å². The van der Waals surface area contributed by atoms with Crippen LogP contribution in [0, 0.1) is 0 Å². The highest BCUT2D eigenvalue weighted by molar-refractivity contribution is 5.54. The van der Waals surface area contributed by atoms with Crippen LogP contribution in [0.2, 0.25) is 0 Å². The Balaban J connectivity index is 1.62. The second-order valence-corrected chi connectivity index (χ2v) is 5.50. The second-order valence-electron chi connectivity index (χ2n) is 5.50. The lowest BCUT2D eigenvalue weighted by Crippen LogP contribution is -2.23. The quantitative estimate of drug-likeness (QED) is 0.374. The number of nitrogens with one attached hydrogen (secondary N) is 4. The van der Waals surface area contributed by atoms with Crippen LogP contribution in [0.25, 0.3) is 0 Å². The highest BCUT2D eigenvalue weighted by Crippen LogP contribution is 2.13. The van der Waals surface area contributed by atoms with Crippen LogP contribution in [-0.4, -0.2) is 26.3 Å². The number of para-hydroxylation sites is 1. The number of unbranched alkanes of at least 4 members (excludes halogenated alkanes) is 1. The summed E-state index contributed by atoms with van der Waals surface area (Å²) in [4.78, 5) is 0. The summed E-state index contributed by atoms with van der Waals surface area (Å²) in [5.74, 6) is 0. The van der Waals surface area contributed by atoms with Crippen molar-refractivity contribution in [2.24, 2.45) is 0 Å². The Kier molecular flexibility index (Phi) is 7.84. The molecule has 2 aromatic carbocycles. The fraction of sp³-hybridized carbons (Fsp3) is 0.368. The van der Waals surface area contributed by atoms with Crippen molar-refractivity contribution in [3.05, 3.63) is 54.6 Å². The zero-order chi connectivity index (χ0) is 16.2. The molecule has 4 heteroatoms. The van der Waals surface area contributed by atoms with Crippen molar-refractivity contribution < 1.29 is 0 Å². The van der Waals surface area contributed by atoms with Gasteiger partial charge in [-0.2, -0.15) is 0 Å². The zero-order valence-corrected chi connectivity index (χ0v) is 13.9. The minimum Gasteiger partial charge on any atom is -0.384 e. The molecule has 23 heavy (non-hydrogen) atoms. The van der Waals surface area contributed by atoms with Gasteiger partial charge in [-0.1, -0.05) is 31.5 Å². The van der Waals surface area contributed by atoms with Gasteiger partial charge in [-0.05, 0) is 49.4 Å². The van der Waals surface area contributed by atoms with E-state index in [1.807, 2.05) is 18.2 Å². The molecular weight excluding hydrogens is 284 g/mol. The maximum absolute atomic E-state index is 3.43. The van der Waals surface area contributed by atoms with Gasteiger partial charge in [-0.25, -0.2) is 0 Å². The fourth-order valence-corrected chi connectivity index (χ4v) is 2.23. The summed E-state index contributed by atoms with van der Waals surface area (Å²) in [6.45, 7) is 5.98. The zero-order valence-electron chi connectivity index (χ0n) is 13.9. The summed E-state index contributed by atoms with van der Waals surface area (Å²) in [6.07, 6.45) is 2.49. The highest BCUT2D eigenvalue weighted by Gasteiger charge is 1.94. The van der Waals surface area contributed by atoms with Crippen molar-refractivity contribution in [1.82, 2.24) is 5.32 Å². The third-order valence-electron chi connectivity index (χ3n) is 3.58. The Hall–Kier alpha value is -2.20. The standard InChI is InChI=1S/C19H28N4/c1-2-3-13-20-14-15-21-18-9-11-19(12-10-18)23-16-22-17-7-5-4-6-8-17/h4-12,20-23H,2-3,13-16H2,1H3.